The number of esters is 1. The molecule has 1 atom stereocenters. The maximum Gasteiger partial charge on any atom is 0.311 e. The Morgan fingerprint density at radius 3 is 2.46 bits per heavy atom. The summed E-state index contributed by atoms with van der Waals surface area (Å²) in [5.74, 6) is -0.0704. The molecule has 0 saturated carbocycles. The Morgan fingerprint density at radius 1 is 1.08 bits per heavy atom. The van der Waals surface area contributed by atoms with E-state index in [1.165, 1.54) is 32.1 Å². The molecule has 0 amide bonds. The molecule has 0 aromatic rings. The molecule has 1 unspecified atom stereocenters. The highest BCUT2D eigenvalue weighted by atomic mass is 16.7. The normalized spacial score (nSPS) is 18.3. The molecule has 0 radical (unpaired) electrons. The number of hydrogen-bond acceptors (Lipinski definition) is 4. The van der Waals surface area contributed by atoms with Crippen LogP contribution in [-0.2, 0) is 19.0 Å². The van der Waals surface area contributed by atoms with Gasteiger partial charge in [0.1, 0.15) is 0 Å². The summed E-state index contributed by atoms with van der Waals surface area (Å²) in [6.45, 7) is 7.96. The second-order valence-electron chi connectivity index (χ2n) is 7.84. The number of carbonyl (C=O) groups is 1. The van der Waals surface area contributed by atoms with E-state index in [1.807, 2.05) is 20.8 Å². The van der Waals surface area contributed by atoms with Crippen molar-refractivity contribution in [3.8, 4) is 0 Å². The predicted molar refractivity (Wildman–Crippen MR) is 106 cm³/mol. The average Bonchev–Trinajstić information content (AvgIpc) is 2.63. The van der Waals surface area contributed by atoms with Gasteiger partial charge in [0.05, 0.1) is 12.0 Å². The fraction of sp³-hybridized carbons (Fsp3) is 0.864. The van der Waals surface area contributed by atoms with Crippen molar-refractivity contribution in [1.29, 1.82) is 0 Å². The molecule has 1 saturated heterocycles. The Kier molecular flexibility index (Phi) is 12.7. The highest BCUT2D eigenvalue weighted by Crippen LogP contribution is 2.25. The number of carbonyl (C=O) groups excluding carboxylic acids is 1. The fourth-order valence-electron chi connectivity index (χ4n) is 3.09. The number of ether oxygens (including phenoxy) is 3. The molecule has 0 N–H and O–H groups in total. The van der Waals surface area contributed by atoms with Gasteiger partial charge in [-0.1, -0.05) is 25.0 Å². The van der Waals surface area contributed by atoms with E-state index >= 15 is 0 Å². The molecular weight excluding hydrogens is 328 g/mol. The van der Waals surface area contributed by atoms with Crippen LogP contribution in [-0.4, -0.2) is 32.1 Å². The zero-order valence-electron chi connectivity index (χ0n) is 17.3. The first kappa shape index (κ1) is 23.2. The van der Waals surface area contributed by atoms with Gasteiger partial charge in [-0.15, -0.1) is 0 Å². The lowest BCUT2D eigenvalue weighted by Gasteiger charge is -2.22. The Hall–Kier alpha value is -0.870. The van der Waals surface area contributed by atoms with E-state index in [2.05, 4.69) is 12.2 Å². The standard InChI is InChI=1S/C22H40O4/c1-4-24-21(23)22(2,3)17-13-10-8-6-5-7-9-11-14-18-25-20-16-12-15-19-26-20/h5,7,20H,4,6,8-19H2,1-3H3/b7-5+. The van der Waals surface area contributed by atoms with E-state index in [-0.39, 0.29) is 17.7 Å². The molecule has 0 aromatic heterocycles. The van der Waals surface area contributed by atoms with Gasteiger partial charge in [-0.3, -0.25) is 4.79 Å². The van der Waals surface area contributed by atoms with Crippen molar-refractivity contribution in [2.24, 2.45) is 5.41 Å². The van der Waals surface area contributed by atoms with Gasteiger partial charge in [-0.25, -0.2) is 0 Å². The predicted octanol–water partition coefficient (Wildman–Crippen LogP) is 5.80. The highest BCUT2D eigenvalue weighted by Gasteiger charge is 2.28. The smallest absolute Gasteiger partial charge is 0.311 e. The van der Waals surface area contributed by atoms with Crippen LogP contribution in [0.5, 0.6) is 0 Å². The molecule has 0 aliphatic carbocycles. The average molecular weight is 369 g/mol. The first-order chi connectivity index (χ1) is 12.6. The number of hydrogen-bond donors (Lipinski definition) is 0. The third kappa shape index (κ3) is 11.0. The number of unbranched alkanes of at least 4 members (excludes halogenated alkanes) is 5. The van der Waals surface area contributed by atoms with E-state index in [0.717, 1.165) is 51.7 Å². The lowest BCUT2D eigenvalue weighted by atomic mass is 9.87. The molecule has 1 heterocycles. The Morgan fingerprint density at radius 2 is 1.81 bits per heavy atom. The van der Waals surface area contributed by atoms with E-state index in [1.54, 1.807) is 0 Å². The zero-order chi connectivity index (χ0) is 19.1. The van der Waals surface area contributed by atoms with Crippen molar-refractivity contribution in [1.82, 2.24) is 0 Å². The first-order valence-corrected chi connectivity index (χ1v) is 10.6. The van der Waals surface area contributed by atoms with Crippen molar-refractivity contribution in [2.75, 3.05) is 19.8 Å². The molecule has 1 fully saturated rings. The minimum Gasteiger partial charge on any atom is -0.466 e. The molecule has 4 heteroatoms. The van der Waals surface area contributed by atoms with Gasteiger partial charge in [0, 0.05) is 13.2 Å². The summed E-state index contributed by atoms with van der Waals surface area (Å²) >= 11 is 0. The Balaban J connectivity index is 1.89. The van der Waals surface area contributed by atoms with E-state index < -0.39 is 0 Å². The third-order valence-corrected chi connectivity index (χ3v) is 4.87. The van der Waals surface area contributed by atoms with Crippen LogP contribution in [0.4, 0.5) is 0 Å². The van der Waals surface area contributed by atoms with Crippen LogP contribution in [0.3, 0.4) is 0 Å². The number of rotatable bonds is 14. The van der Waals surface area contributed by atoms with Crippen molar-refractivity contribution in [2.45, 2.75) is 97.7 Å². The second kappa shape index (κ2) is 14.2. The van der Waals surface area contributed by atoms with Gasteiger partial charge < -0.3 is 14.2 Å². The lowest BCUT2D eigenvalue weighted by Crippen LogP contribution is -2.26. The van der Waals surface area contributed by atoms with E-state index in [9.17, 15) is 4.79 Å². The molecule has 152 valence electrons. The summed E-state index contributed by atoms with van der Waals surface area (Å²) in [5.41, 5.74) is -0.351. The largest absolute Gasteiger partial charge is 0.466 e. The quantitative estimate of drug-likeness (QED) is 0.221. The maximum absolute atomic E-state index is 11.8. The van der Waals surface area contributed by atoms with Gasteiger partial charge >= 0.3 is 5.97 Å². The van der Waals surface area contributed by atoms with Crippen molar-refractivity contribution < 1.29 is 19.0 Å². The lowest BCUT2D eigenvalue weighted by molar-refractivity contribution is -0.162. The van der Waals surface area contributed by atoms with Crippen LogP contribution in [0.25, 0.3) is 0 Å². The SMILES string of the molecule is CCOC(=O)C(C)(C)CCCCC/C=C/CCCCOC1CCCCO1. The molecular formula is C22H40O4. The van der Waals surface area contributed by atoms with E-state index in [4.69, 9.17) is 14.2 Å². The minimum absolute atomic E-state index is 0.0492. The van der Waals surface area contributed by atoms with Gasteiger partial charge in [0.25, 0.3) is 0 Å². The molecule has 0 bridgehead atoms. The molecule has 4 nitrogen and oxygen atoms in total. The van der Waals surface area contributed by atoms with Crippen LogP contribution >= 0.6 is 0 Å². The van der Waals surface area contributed by atoms with Crippen LogP contribution < -0.4 is 0 Å². The molecule has 1 rings (SSSR count). The summed E-state index contributed by atoms with van der Waals surface area (Å²) in [6.07, 6.45) is 17.0. The highest BCUT2D eigenvalue weighted by molar-refractivity contribution is 5.75. The zero-order valence-corrected chi connectivity index (χ0v) is 17.3. The van der Waals surface area contributed by atoms with Gasteiger partial charge in [-0.05, 0) is 78.6 Å². The minimum atomic E-state index is -0.351. The number of allylic oxidation sites excluding steroid dienone is 2. The van der Waals surface area contributed by atoms with E-state index in [0.29, 0.717) is 6.61 Å². The van der Waals surface area contributed by atoms with Crippen LogP contribution in [0, 0.1) is 5.41 Å². The van der Waals surface area contributed by atoms with Crippen LogP contribution in [0.1, 0.15) is 91.4 Å². The van der Waals surface area contributed by atoms with Gasteiger partial charge in [-0.2, -0.15) is 0 Å². The van der Waals surface area contributed by atoms with Crippen molar-refractivity contribution in [3.05, 3.63) is 12.2 Å². The Labute approximate surface area is 160 Å². The fourth-order valence-corrected chi connectivity index (χ4v) is 3.09. The molecule has 26 heavy (non-hydrogen) atoms. The van der Waals surface area contributed by atoms with Crippen molar-refractivity contribution >= 4 is 5.97 Å². The molecule has 0 spiro atoms. The third-order valence-electron chi connectivity index (χ3n) is 4.87. The monoisotopic (exact) mass is 368 g/mol. The molecule has 1 aliphatic heterocycles. The molecule has 0 aromatic carbocycles. The summed E-state index contributed by atoms with van der Waals surface area (Å²) in [6, 6.07) is 0. The topological polar surface area (TPSA) is 44.8 Å². The van der Waals surface area contributed by atoms with Crippen LogP contribution in [0.15, 0.2) is 12.2 Å². The van der Waals surface area contributed by atoms with Gasteiger partial charge in [0.15, 0.2) is 6.29 Å². The summed E-state index contributed by atoms with van der Waals surface area (Å²) < 4.78 is 16.4. The Bertz CT molecular complexity index is 384. The first-order valence-electron chi connectivity index (χ1n) is 10.6. The summed E-state index contributed by atoms with van der Waals surface area (Å²) in [4.78, 5) is 11.8. The second-order valence-corrected chi connectivity index (χ2v) is 7.84. The summed E-state index contributed by atoms with van der Waals surface area (Å²) in [7, 11) is 0. The van der Waals surface area contributed by atoms with Crippen molar-refractivity contribution in [3.63, 3.8) is 0 Å². The van der Waals surface area contributed by atoms with Gasteiger partial charge in [0.2, 0.25) is 0 Å². The van der Waals surface area contributed by atoms with Crippen LogP contribution in [0.2, 0.25) is 0 Å². The maximum atomic E-state index is 11.8. The summed E-state index contributed by atoms with van der Waals surface area (Å²) in [5, 5.41) is 0. The molecule has 1 aliphatic rings.